The maximum absolute atomic E-state index is 12.6. The Kier molecular flexibility index (Phi) is 5.35. The predicted octanol–water partition coefficient (Wildman–Crippen LogP) is 3.70. The van der Waals surface area contributed by atoms with Gasteiger partial charge in [-0.2, -0.15) is 0 Å². The van der Waals surface area contributed by atoms with Gasteiger partial charge in [-0.3, -0.25) is 4.79 Å². The van der Waals surface area contributed by atoms with Gasteiger partial charge in [0.2, 0.25) is 0 Å². The van der Waals surface area contributed by atoms with Crippen LogP contribution in [0, 0.1) is 0 Å². The van der Waals surface area contributed by atoms with Crippen LogP contribution in [0.4, 0.5) is 0 Å². The van der Waals surface area contributed by atoms with Crippen molar-refractivity contribution >= 4 is 16.9 Å². The summed E-state index contributed by atoms with van der Waals surface area (Å²) in [7, 11) is 0. The van der Waals surface area contributed by atoms with E-state index in [-0.39, 0.29) is 17.6 Å². The number of ether oxygens (including phenoxy) is 1. The van der Waals surface area contributed by atoms with Gasteiger partial charge in [-0.1, -0.05) is 0 Å². The van der Waals surface area contributed by atoms with E-state index in [4.69, 9.17) is 9.15 Å². The van der Waals surface area contributed by atoms with Crippen LogP contribution in [0.3, 0.4) is 0 Å². The van der Waals surface area contributed by atoms with Crippen molar-refractivity contribution in [3.8, 4) is 5.75 Å². The van der Waals surface area contributed by atoms with Crippen LogP contribution in [-0.2, 0) is 17.6 Å². The summed E-state index contributed by atoms with van der Waals surface area (Å²) in [5.41, 5.74) is 2.21. The lowest BCUT2D eigenvalue weighted by molar-refractivity contribution is -0.139. The van der Waals surface area contributed by atoms with E-state index >= 15 is 0 Å². The van der Waals surface area contributed by atoms with Crippen molar-refractivity contribution in [2.75, 3.05) is 6.54 Å². The molecule has 1 amide bonds. The Morgan fingerprint density at radius 2 is 1.88 bits per heavy atom. The number of aryl methyl sites for hydroxylation is 1. The zero-order chi connectivity index (χ0) is 18.8. The van der Waals surface area contributed by atoms with Crippen molar-refractivity contribution < 1.29 is 13.9 Å². The highest BCUT2D eigenvalue weighted by Crippen LogP contribution is 2.29. The van der Waals surface area contributed by atoms with Gasteiger partial charge in [-0.25, -0.2) is 4.79 Å². The van der Waals surface area contributed by atoms with E-state index in [1.54, 1.807) is 17.9 Å². The van der Waals surface area contributed by atoms with Crippen molar-refractivity contribution in [2.45, 2.75) is 65.5 Å². The van der Waals surface area contributed by atoms with Crippen LogP contribution in [0.2, 0.25) is 0 Å². The number of amides is 1. The summed E-state index contributed by atoms with van der Waals surface area (Å²) in [5.74, 6) is 0.492. The highest BCUT2D eigenvalue weighted by molar-refractivity contribution is 5.84. The molecule has 26 heavy (non-hydrogen) atoms. The molecular formula is C21H27NO4. The summed E-state index contributed by atoms with van der Waals surface area (Å²) >= 11 is 0. The van der Waals surface area contributed by atoms with Crippen LogP contribution in [0.5, 0.6) is 5.75 Å². The zero-order valence-electron chi connectivity index (χ0n) is 16.0. The molecule has 1 atom stereocenters. The quantitative estimate of drug-likeness (QED) is 0.766. The second-order valence-corrected chi connectivity index (χ2v) is 7.19. The van der Waals surface area contributed by atoms with E-state index in [0.29, 0.717) is 17.9 Å². The number of rotatable bonds is 5. The van der Waals surface area contributed by atoms with Crippen LogP contribution in [0.25, 0.3) is 11.0 Å². The molecule has 5 nitrogen and oxygen atoms in total. The molecule has 1 aliphatic carbocycles. The summed E-state index contributed by atoms with van der Waals surface area (Å²) < 4.78 is 11.4. The molecule has 0 aliphatic heterocycles. The first-order valence-corrected chi connectivity index (χ1v) is 9.48. The number of fused-ring (bicyclic) bond motifs is 3. The SMILES string of the molecule is CCN(C(=O)C(C)Oc1ccc2c3c(c(=O)oc2c1)CCCC3)C(C)C. The van der Waals surface area contributed by atoms with Crippen molar-refractivity contribution in [3.05, 3.63) is 39.7 Å². The summed E-state index contributed by atoms with van der Waals surface area (Å²) in [6.07, 6.45) is 3.23. The molecule has 1 heterocycles. The van der Waals surface area contributed by atoms with Crippen LogP contribution in [0.1, 0.15) is 51.7 Å². The second kappa shape index (κ2) is 7.52. The van der Waals surface area contributed by atoms with E-state index < -0.39 is 6.10 Å². The molecule has 0 N–H and O–H groups in total. The average molecular weight is 357 g/mol. The molecule has 0 spiro atoms. The second-order valence-electron chi connectivity index (χ2n) is 7.19. The Bertz CT molecular complexity index is 868. The Hall–Kier alpha value is -2.30. The fourth-order valence-electron chi connectivity index (χ4n) is 3.76. The number of hydrogen-bond acceptors (Lipinski definition) is 4. The third-order valence-corrected chi connectivity index (χ3v) is 5.10. The average Bonchev–Trinajstić information content (AvgIpc) is 2.62. The van der Waals surface area contributed by atoms with Gasteiger partial charge in [-0.05, 0) is 71.1 Å². The molecule has 0 radical (unpaired) electrons. The van der Waals surface area contributed by atoms with Gasteiger partial charge >= 0.3 is 5.63 Å². The largest absolute Gasteiger partial charge is 0.481 e. The number of likely N-dealkylation sites (N-methyl/N-ethyl adjacent to an activating group) is 1. The van der Waals surface area contributed by atoms with Gasteiger partial charge in [0.05, 0.1) is 0 Å². The van der Waals surface area contributed by atoms with E-state index in [1.807, 2.05) is 32.9 Å². The van der Waals surface area contributed by atoms with Crippen LogP contribution in [-0.4, -0.2) is 29.5 Å². The fourth-order valence-corrected chi connectivity index (χ4v) is 3.76. The van der Waals surface area contributed by atoms with Gasteiger partial charge in [0, 0.05) is 29.6 Å². The topological polar surface area (TPSA) is 59.8 Å². The molecular weight excluding hydrogens is 330 g/mol. The van der Waals surface area contributed by atoms with Gasteiger partial charge in [0.25, 0.3) is 5.91 Å². The van der Waals surface area contributed by atoms with Crippen LogP contribution < -0.4 is 10.4 Å². The van der Waals surface area contributed by atoms with E-state index in [1.165, 1.54) is 0 Å². The number of carbonyl (C=O) groups is 1. The van der Waals surface area contributed by atoms with Crippen LogP contribution >= 0.6 is 0 Å². The molecule has 0 saturated carbocycles. The smallest absolute Gasteiger partial charge is 0.339 e. The molecule has 0 bridgehead atoms. The van der Waals surface area contributed by atoms with E-state index in [0.717, 1.165) is 42.2 Å². The molecule has 1 aliphatic rings. The highest BCUT2D eigenvalue weighted by Gasteiger charge is 2.23. The summed E-state index contributed by atoms with van der Waals surface area (Å²) in [6.45, 7) is 8.33. The number of benzene rings is 1. The number of carbonyl (C=O) groups excluding carboxylic acids is 1. The lowest BCUT2D eigenvalue weighted by atomic mass is 9.91. The fraction of sp³-hybridized carbons (Fsp3) is 0.524. The summed E-state index contributed by atoms with van der Waals surface area (Å²) in [4.78, 5) is 26.6. The Balaban J connectivity index is 1.88. The molecule has 3 rings (SSSR count). The van der Waals surface area contributed by atoms with Gasteiger partial charge < -0.3 is 14.1 Å². The van der Waals surface area contributed by atoms with Gasteiger partial charge in [0.15, 0.2) is 6.10 Å². The molecule has 0 fully saturated rings. The maximum atomic E-state index is 12.6. The molecule has 1 unspecified atom stereocenters. The Labute approximate surface area is 153 Å². The van der Waals surface area contributed by atoms with Crippen molar-refractivity contribution in [1.82, 2.24) is 4.90 Å². The first-order chi connectivity index (χ1) is 12.4. The molecule has 2 aromatic rings. The monoisotopic (exact) mass is 357 g/mol. The standard InChI is InChI=1S/C21H27NO4/c1-5-22(13(2)3)20(23)14(4)25-15-10-11-17-16-8-6-7-9-18(16)21(24)26-19(17)12-15/h10-14H,5-9H2,1-4H3. The Morgan fingerprint density at radius 1 is 1.19 bits per heavy atom. The van der Waals surface area contributed by atoms with E-state index in [9.17, 15) is 9.59 Å². The minimum Gasteiger partial charge on any atom is -0.481 e. The molecule has 140 valence electrons. The normalized spacial score (nSPS) is 15.0. The lowest BCUT2D eigenvalue weighted by Gasteiger charge is -2.28. The van der Waals surface area contributed by atoms with Crippen LogP contribution in [0.15, 0.2) is 27.4 Å². The number of nitrogens with zero attached hydrogens (tertiary/aromatic N) is 1. The van der Waals surface area contributed by atoms with Gasteiger partial charge in [0.1, 0.15) is 11.3 Å². The zero-order valence-corrected chi connectivity index (χ0v) is 16.0. The number of hydrogen-bond donors (Lipinski definition) is 0. The molecule has 1 aromatic heterocycles. The van der Waals surface area contributed by atoms with Gasteiger partial charge in [-0.15, -0.1) is 0 Å². The highest BCUT2D eigenvalue weighted by atomic mass is 16.5. The molecule has 5 heteroatoms. The Morgan fingerprint density at radius 3 is 2.54 bits per heavy atom. The molecule has 0 saturated heterocycles. The lowest BCUT2D eigenvalue weighted by Crippen LogP contribution is -2.44. The summed E-state index contributed by atoms with van der Waals surface area (Å²) in [5, 5.41) is 0.975. The minimum atomic E-state index is -0.598. The molecule has 1 aromatic carbocycles. The summed E-state index contributed by atoms with van der Waals surface area (Å²) in [6, 6.07) is 5.64. The predicted molar refractivity (Wildman–Crippen MR) is 102 cm³/mol. The van der Waals surface area contributed by atoms with Crippen molar-refractivity contribution in [2.24, 2.45) is 0 Å². The third-order valence-electron chi connectivity index (χ3n) is 5.10. The maximum Gasteiger partial charge on any atom is 0.339 e. The first kappa shape index (κ1) is 18.5. The van der Waals surface area contributed by atoms with Crippen molar-refractivity contribution in [3.63, 3.8) is 0 Å². The van der Waals surface area contributed by atoms with E-state index in [2.05, 4.69) is 0 Å². The first-order valence-electron chi connectivity index (χ1n) is 9.48. The van der Waals surface area contributed by atoms with Crippen molar-refractivity contribution in [1.29, 1.82) is 0 Å². The third kappa shape index (κ3) is 3.48. The minimum absolute atomic E-state index is 0.0468.